The molecule has 92 valence electrons. The zero-order valence-electron chi connectivity index (χ0n) is 9.27. The molecule has 1 amide bonds. The lowest BCUT2D eigenvalue weighted by Crippen LogP contribution is -2.12. The Bertz CT molecular complexity index is 607. The third kappa shape index (κ3) is 2.22. The van der Waals surface area contributed by atoms with Gasteiger partial charge in [-0.2, -0.15) is 0 Å². The predicted molar refractivity (Wildman–Crippen MR) is 59.4 cm³/mol. The van der Waals surface area contributed by atoms with Crippen LogP contribution in [0, 0.1) is 13.8 Å². The first kappa shape index (κ1) is 11.8. The molecular formula is C9H11N3O4S. The quantitative estimate of drug-likeness (QED) is 0.801. The van der Waals surface area contributed by atoms with Crippen LogP contribution >= 0.6 is 0 Å². The highest BCUT2D eigenvalue weighted by atomic mass is 32.2. The van der Waals surface area contributed by atoms with Gasteiger partial charge in [-0.05, 0) is 13.8 Å². The minimum absolute atomic E-state index is 0.0123. The fourth-order valence-electron chi connectivity index (χ4n) is 1.45. The molecule has 1 aromatic heterocycles. The molecule has 0 radical (unpaired) electrons. The Morgan fingerprint density at radius 1 is 1.47 bits per heavy atom. The van der Waals surface area contributed by atoms with Crippen LogP contribution in [0.1, 0.15) is 17.9 Å². The van der Waals surface area contributed by atoms with Gasteiger partial charge in [-0.25, -0.2) is 13.6 Å². The monoisotopic (exact) mass is 257 g/mol. The first-order chi connectivity index (χ1) is 7.80. The molecule has 7 nitrogen and oxygen atoms in total. The number of aryl methyl sites for hydroxylation is 2. The fourth-order valence-corrected chi connectivity index (χ4v) is 2.23. The van der Waals surface area contributed by atoms with Gasteiger partial charge in [0, 0.05) is 12.0 Å². The summed E-state index contributed by atoms with van der Waals surface area (Å²) in [5, 5.41) is 11.1. The Morgan fingerprint density at radius 2 is 2.12 bits per heavy atom. The molecule has 0 aliphatic heterocycles. The molecule has 0 unspecified atom stereocenters. The lowest BCUT2D eigenvalue weighted by molar-refractivity contribution is -0.112. The van der Waals surface area contributed by atoms with E-state index < -0.39 is 15.9 Å². The van der Waals surface area contributed by atoms with E-state index in [-0.39, 0.29) is 16.9 Å². The summed E-state index contributed by atoms with van der Waals surface area (Å²) in [4.78, 5) is 11.7. The van der Waals surface area contributed by atoms with Gasteiger partial charge >= 0.3 is 0 Å². The third-order valence-electron chi connectivity index (χ3n) is 2.44. The van der Waals surface area contributed by atoms with Crippen molar-refractivity contribution in [2.45, 2.75) is 20.3 Å². The molecule has 0 spiro atoms. The van der Waals surface area contributed by atoms with Crippen LogP contribution in [0.5, 0.6) is 0 Å². The molecule has 0 saturated carbocycles. The number of amides is 1. The van der Waals surface area contributed by atoms with Crippen LogP contribution in [-0.2, 0) is 14.8 Å². The second-order valence-electron chi connectivity index (χ2n) is 3.78. The Hall–Kier alpha value is -1.67. The van der Waals surface area contributed by atoms with Crippen LogP contribution in [0.3, 0.4) is 0 Å². The van der Waals surface area contributed by atoms with Gasteiger partial charge in [0.15, 0.2) is 5.76 Å². The Kier molecular flexibility index (Phi) is 2.55. The van der Waals surface area contributed by atoms with Crippen LogP contribution in [0.4, 0.5) is 5.69 Å². The molecule has 1 aromatic rings. The number of aromatic nitrogens is 1. The number of nitrogens with one attached hydrogen (secondary N) is 1. The van der Waals surface area contributed by atoms with Crippen LogP contribution in [0.15, 0.2) is 15.0 Å². The highest BCUT2D eigenvalue weighted by Gasteiger charge is 2.36. The molecule has 0 aromatic carbocycles. The topological polar surface area (TPSA) is 115 Å². The van der Waals surface area contributed by atoms with Crippen LogP contribution in [0.2, 0.25) is 0 Å². The molecule has 17 heavy (non-hydrogen) atoms. The zero-order valence-corrected chi connectivity index (χ0v) is 10.1. The van der Waals surface area contributed by atoms with Crippen molar-refractivity contribution in [1.29, 1.82) is 0 Å². The highest BCUT2D eigenvalue weighted by Crippen LogP contribution is 2.35. The molecule has 1 aliphatic rings. The minimum Gasteiger partial charge on any atom is -0.359 e. The standard InChI is InChI=1S/C9H11N3O4S/c1-4-8(5(2)16-12-4)11-9(13)6-3-7(6)17(10,14)15/h3H2,1-2H3,(H,11,13)(H2,10,14,15). The van der Waals surface area contributed by atoms with Crippen molar-refractivity contribution in [3.63, 3.8) is 0 Å². The van der Waals surface area contributed by atoms with E-state index in [4.69, 9.17) is 9.66 Å². The number of carbonyl (C=O) groups is 1. The summed E-state index contributed by atoms with van der Waals surface area (Å²) in [7, 11) is -3.74. The number of anilines is 1. The van der Waals surface area contributed by atoms with Crippen molar-refractivity contribution in [1.82, 2.24) is 5.16 Å². The second-order valence-corrected chi connectivity index (χ2v) is 5.36. The molecule has 8 heteroatoms. The van der Waals surface area contributed by atoms with Gasteiger partial charge in [0.25, 0.3) is 5.91 Å². The number of nitrogens with zero attached hydrogens (tertiary/aromatic N) is 1. The van der Waals surface area contributed by atoms with Crippen LogP contribution < -0.4 is 10.5 Å². The number of hydrogen-bond donors (Lipinski definition) is 2. The normalized spacial score (nSPS) is 15.0. The molecule has 0 fully saturated rings. The number of rotatable bonds is 3. The summed E-state index contributed by atoms with van der Waals surface area (Å²) in [6.07, 6.45) is 0.105. The van der Waals surface area contributed by atoms with E-state index in [1.165, 1.54) is 0 Å². The van der Waals surface area contributed by atoms with Crippen molar-refractivity contribution < 1.29 is 17.7 Å². The van der Waals surface area contributed by atoms with E-state index >= 15 is 0 Å². The van der Waals surface area contributed by atoms with Crippen molar-refractivity contribution in [3.8, 4) is 0 Å². The second kappa shape index (κ2) is 3.67. The van der Waals surface area contributed by atoms with Crippen LogP contribution in [-0.4, -0.2) is 19.5 Å². The summed E-state index contributed by atoms with van der Waals surface area (Å²) in [6, 6.07) is 0. The van der Waals surface area contributed by atoms with Gasteiger partial charge in [0.2, 0.25) is 10.0 Å². The first-order valence-corrected chi connectivity index (χ1v) is 6.34. The lowest BCUT2D eigenvalue weighted by atomic mass is 10.3. The Labute approximate surface area is 97.7 Å². The number of allylic oxidation sites excluding steroid dienone is 1. The maximum atomic E-state index is 11.7. The van der Waals surface area contributed by atoms with E-state index in [0.29, 0.717) is 17.1 Å². The number of primary sulfonamides is 1. The molecule has 1 aliphatic carbocycles. The SMILES string of the molecule is Cc1noc(C)c1NC(=O)C1=C(S(N)(=O)=O)C1. The summed E-state index contributed by atoms with van der Waals surface area (Å²) in [5.41, 5.74) is 1.19. The largest absolute Gasteiger partial charge is 0.359 e. The van der Waals surface area contributed by atoms with Crippen LogP contribution in [0.25, 0.3) is 0 Å². The number of nitrogens with two attached hydrogens (primary N) is 1. The van der Waals surface area contributed by atoms with E-state index in [2.05, 4.69) is 10.5 Å². The van der Waals surface area contributed by atoms with Gasteiger partial charge < -0.3 is 9.84 Å². The summed E-state index contributed by atoms with van der Waals surface area (Å²) < 4.78 is 26.8. The molecule has 0 atom stereocenters. The summed E-state index contributed by atoms with van der Waals surface area (Å²) in [5.74, 6) is -0.0160. The van der Waals surface area contributed by atoms with Gasteiger partial charge in [0.1, 0.15) is 11.4 Å². The smallest absolute Gasteiger partial charge is 0.253 e. The first-order valence-electron chi connectivity index (χ1n) is 4.79. The average molecular weight is 257 g/mol. The molecule has 0 saturated heterocycles. The third-order valence-corrected chi connectivity index (χ3v) is 3.52. The van der Waals surface area contributed by atoms with Gasteiger partial charge in [-0.15, -0.1) is 0 Å². The molecular weight excluding hydrogens is 246 g/mol. The maximum absolute atomic E-state index is 11.7. The van der Waals surface area contributed by atoms with E-state index in [0.717, 1.165) is 0 Å². The van der Waals surface area contributed by atoms with E-state index in [1.54, 1.807) is 13.8 Å². The highest BCUT2D eigenvalue weighted by molar-refractivity contribution is 7.93. The summed E-state index contributed by atoms with van der Waals surface area (Å²) in [6.45, 7) is 3.32. The van der Waals surface area contributed by atoms with Gasteiger partial charge in [0.05, 0.1) is 4.91 Å². The van der Waals surface area contributed by atoms with Crippen molar-refractivity contribution >= 4 is 21.6 Å². The van der Waals surface area contributed by atoms with E-state index in [9.17, 15) is 13.2 Å². The number of hydrogen-bond acceptors (Lipinski definition) is 5. The van der Waals surface area contributed by atoms with Crippen molar-refractivity contribution in [3.05, 3.63) is 21.9 Å². The van der Waals surface area contributed by atoms with Gasteiger partial charge in [-0.1, -0.05) is 5.16 Å². The average Bonchev–Trinajstić information content (AvgIpc) is 2.95. The zero-order chi connectivity index (χ0) is 12.8. The van der Waals surface area contributed by atoms with Crippen molar-refractivity contribution in [2.75, 3.05) is 5.32 Å². The molecule has 0 bridgehead atoms. The lowest BCUT2D eigenvalue weighted by Gasteiger charge is -1.99. The molecule has 2 rings (SSSR count). The Balaban J connectivity index is 2.19. The molecule has 1 heterocycles. The number of sulfonamides is 1. The van der Waals surface area contributed by atoms with E-state index in [1.807, 2.05) is 0 Å². The van der Waals surface area contributed by atoms with Gasteiger partial charge in [-0.3, -0.25) is 4.79 Å². The molecule has 3 N–H and O–H groups in total. The van der Waals surface area contributed by atoms with Crippen molar-refractivity contribution in [2.24, 2.45) is 5.14 Å². The maximum Gasteiger partial charge on any atom is 0.253 e. The predicted octanol–water partition coefficient (Wildman–Crippen LogP) is 0.176. The Morgan fingerprint density at radius 3 is 2.53 bits per heavy atom. The number of carbonyl (C=O) groups excluding carboxylic acids is 1. The fraction of sp³-hybridized carbons (Fsp3) is 0.333. The summed E-state index contributed by atoms with van der Waals surface area (Å²) >= 11 is 0. The minimum atomic E-state index is -3.74.